The van der Waals surface area contributed by atoms with E-state index in [9.17, 15) is 0 Å². The second-order valence-electron chi connectivity index (χ2n) is 3.99. The van der Waals surface area contributed by atoms with Crippen LogP contribution in [0.5, 0.6) is 0 Å². The van der Waals surface area contributed by atoms with E-state index in [-0.39, 0.29) is 0 Å². The average Bonchev–Trinajstić information content (AvgIpc) is 2.73. The highest BCUT2D eigenvalue weighted by atomic mass is 35.5. The molecule has 0 spiro atoms. The molecule has 2 aromatic carbocycles. The number of hydrogen-bond donors (Lipinski definition) is 0. The summed E-state index contributed by atoms with van der Waals surface area (Å²) < 4.78 is 2.13. The fraction of sp³-hybridized carbons (Fsp3) is 0.0714. The van der Waals surface area contributed by atoms with Crippen LogP contribution in [0.4, 0.5) is 0 Å². The molecule has 0 saturated heterocycles. The van der Waals surface area contributed by atoms with Crippen LogP contribution in [0, 0.1) is 0 Å². The number of fused-ring (bicyclic) bond motifs is 1. The number of imidazole rings is 1. The van der Waals surface area contributed by atoms with E-state index >= 15 is 0 Å². The quantitative estimate of drug-likeness (QED) is 0.669. The van der Waals surface area contributed by atoms with Gasteiger partial charge in [-0.2, -0.15) is 0 Å². The van der Waals surface area contributed by atoms with Gasteiger partial charge >= 0.3 is 0 Å². The molecule has 0 N–H and O–H groups in total. The highest BCUT2D eigenvalue weighted by Gasteiger charge is 2.02. The summed E-state index contributed by atoms with van der Waals surface area (Å²) >= 11 is 5.98. The Morgan fingerprint density at radius 1 is 1.06 bits per heavy atom. The van der Waals surface area contributed by atoms with Gasteiger partial charge in [-0.25, -0.2) is 4.98 Å². The standard InChI is InChI=1S/C14H11ClN2/c15-12-5-3-4-11(8-12)9-17-10-16-13-6-1-2-7-14(13)17/h1-8,10H,9H2. The number of benzene rings is 2. The third-order valence-electron chi connectivity index (χ3n) is 2.77. The van der Waals surface area contributed by atoms with Crippen molar-refractivity contribution in [2.45, 2.75) is 6.54 Å². The van der Waals surface area contributed by atoms with Crippen LogP contribution in [-0.4, -0.2) is 9.55 Å². The second kappa shape index (κ2) is 4.22. The van der Waals surface area contributed by atoms with Crippen LogP contribution in [0.2, 0.25) is 5.02 Å². The fourth-order valence-corrected chi connectivity index (χ4v) is 2.18. The summed E-state index contributed by atoms with van der Waals surface area (Å²) in [7, 11) is 0. The molecule has 84 valence electrons. The van der Waals surface area contributed by atoms with Crippen molar-refractivity contribution in [1.82, 2.24) is 9.55 Å². The molecule has 0 atom stereocenters. The van der Waals surface area contributed by atoms with Crippen LogP contribution >= 0.6 is 11.6 Å². The summed E-state index contributed by atoms with van der Waals surface area (Å²) in [6.45, 7) is 0.793. The van der Waals surface area contributed by atoms with E-state index in [1.807, 2.05) is 42.7 Å². The highest BCUT2D eigenvalue weighted by molar-refractivity contribution is 6.30. The minimum atomic E-state index is 0.770. The molecule has 0 fully saturated rings. The van der Waals surface area contributed by atoms with Crippen LogP contribution in [0.25, 0.3) is 11.0 Å². The zero-order valence-corrected chi connectivity index (χ0v) is 9.93. The highest BCUT2D eigenvalue weighted by Crippen LogP contribution is 2.16. The Bertz CT molecular complexity index is 658. The number of nitrogens with zero attached hydrogens (tertiary/aromatic N) is 2. The third-order valence-corrected chi connectivity index (χ3v) is 3.00. The van der Waals surface area contributed by atoms with Crippen LogP contribution < -0.4 is 0 Å². The Labute approximate surface area is 104 Å². The summed E-state index contributed by atoms with van der Waals surface area (Å²) in [5.74, 6) is 0. The number of hydrogen-bond acceptors (Lipinski definition) is 1. The number of aromatic nitrogens is 2. The Morgan fingerprint density at radius 3 is 2.82 bits per heavy atom. The van der Waals surface area contributed by atoms with Crippen molar-refractivity contribution in [1.29, 1.82) is 0 Å². The molecule has 3 heteroatoms. The molecular formula is C14H11ClN2. The van der Waals surface area contributed by atoms with E-state index in [1.165, 1.54) is 5.56 Å². The van der Waals surface area contributed by atoms with E-state index in [4.69, 9.17) is 11.6 Å². The summed E-state index contributed by atoms with van der Waals surface area (Å²) in [5, 5.41) is 0.770. The van der Waals surface area contributed by atoms with Gasteiger partial charge in [-0.3, -0.25) is 0 Å². The van der Waals surface area contributed by atoms with Gasteiger partial charge in [0.05, 0.1) is 17.4 Å². The Hall–Kier alpha value is -1.80. The van der Waals surface area contributed by atoms with Crippen LogP contribution in [0.1, 0.15) is 5.56 Å². The molecule has 0 aliphatic heterocycles. The molecule has 3 rings (SSSR count). The van der Waals surface area contributed by atoms with Gasteiger partial charge in [-0.15, -0.1) is 0 Å². The monoisotopic (exact) mass is 242 g/mol. The third kappa shape index (κ3) is 2.04. The first-order chi connectivity index (χ1) is 8.33. The zero-order valence-electron chi connectivity index (χ0n) is 9.18. The Morgan fingerprint density at radius 2 is 1.94 bits per heavy atom. The van der Waals surface area contributed by atoms with Gasteiger partial charge in [0.2, 0.25) is 0 Å². The SMILES string of the molecule is Clc1cccc(Cn2cnc3ccccc32)c1. The maximum atomic E-state index is 5.98. The maximum absolute atomic E-state index is 5.98. The van der Waals surface area contributed by atoms with Crippen molar-refractivity contribution in [3.63, 3.8) is 0 Å². The van der Waals surface area contributed by atoms with Gasteiger partial charge in [-0.05, 0) is 29.8 Å². The number of halogens is 1. The second-order valence-corrected chi connectivity index (χ2v) is 4.43. The average molecular weight is 243 g/mol. The zero-order chi connectivity index (χ0) is 11.7. The fourth-order valence-electron chi connectivity index (χ4n) is 1.97. The van der Waals surface area contributed by atoms with Crippen molar-refractivity contribution < 1.29 is 0 Å². The van der Waals surface area contributed by atoms with E-state index in [0.29, 0.717) is 0 Å². The molecule has 2 nitrogen and oxygen atoms in total. The van der Waals surface area contributed by atoms with E-state index < -0.39 is 0 Å². The van der Waals surface area contributed by atoms with Crippen LogP contribution in [0.15, 0.2) is 54.9 Å². The molecular weight excluding hydrogens is 232 g/mol. The van der Waals surface area contributed by atoms with E-state index in [2.05, 4.69) is 21.7 Å². The molecule has 17 heavy (non-hydrogen) atoms. The lowest BCUT2D eigenvalue weighted by Gasteiger charge is -2.04. The first-order valence-electron chi connectivity index (χ1n) is 5.47. The predicted octanol–water partition coefficient (Wildman–Crippen LogP) is 3.74. The van der Waals surface area contributed by atoms with Crippen molar-refractivity contribution in [3.8, 4) is 0 Å². The molecule has 1 aromatic heterocycles. The summed E-state index contributed by atoms with van der Waals surface area (Å²) in [4.78, 5) is 4.37. The first-order valence-corrected chi connectivity index (χ1v) is 5.85. The molecule has 0 aliphatic carbocycles. The van der Waals surface area contributed by atoms with Crippen LogP contribution in [-0.2, 0) is 6.54 Å². The lowest BCUT2D eigenvalue weighted by atomic mass is 10.2. The van der Waals surface area contributed by atoms with Crippen molar-refractivity contribution in [2.24, 2.45) is 0 Å². The minimum absolute atomic E-state index is 0.770. The predicted molar refractivity (Wildman–Crippen MR) is 70.3 cm³/mol. The number of para-hydroxylation sites is 2. The van der Waals surface area contributed by atoms with Gasteiger partial charge in [0, 0.05) is 11.6 Å². The largest absolute Gasteiger partial charge is 0.326 e. The Kier molecular flexibility index (Phi) is 2.57. The van der Waals surface area contributed by atoms with Gasteiger partial charge in [0.15, 0.2) is 0 Å². The van der Waals surface area contributed by atoms with Gasteiger partial charge in [0.25, 0.3) is 0 Å². The van der Waals surface area contributed by atoms with Gasteiger partial charge < -0.3 is 4.57 Å². The van der Waals surface area contributed by atoms with Crippen molar-refractivity contribution >= 4 is 22.6 Å². The molecule has 0 aliphatic rings. The smallest absolute Gasteiger partial charge is 0.0961 e. The lowest BCUT2D eigenvalue weighted by Crippen LogP contribution is -1.97. The minimum Gasteiger partial charge on any atom is -0.326 e. The first kappa shape index (κ1) is 10.4. The van der Waals surface area contributed by atoms with Gasteiger partial charge in [0.1, 0.15) is 0 Å². The van der Waals surface area contributed by atoms with Gasteiger partial charge in [-0.1, -0.05) is 35.9 Å². The van der Waals surface area contributed by atoms with Crippen molar-refractivity contribution in [3.05, 3.63) is 65.4 Å². The van der Waals surface area contributed by atoms with E-state index in [0.717, 1.165) is 22.6 Å². The summed E-state index contributed by atoms with van der Waals surface area (Å²) in [5.41, 5.74) is 3.35. The molecule has 0 radical (unpaired) electrons. The maximum Gasteiger partial charge on any atom is 0.0961 e. The van der Waals surface area contributed by atoms with Crippen molar-refractivity contribution in [2.75, 3.05) is 0 Å². The summed E-state index contributed by atoms with van der Waals surface area (Å²) in [6.07, 6.45) is 1.87. The van der Waals surface area contributed by atoms with E-state index in [1.54, 1.807) is 0 Å². The topological polar surface area (TPSA) is 17.8 Å². The molecule has 0 amide bonds. The summed E-state index contributed by atoms with van der Waals surface area (Å²) in [6, 6.07) is 16.0. The molecule has 3 aromatic rings. The molecule has 0 saturated carbocycles. The number of rotatable bonds is 2. The lowest BCUT2D eigenvalue weighted by molar-refractivity contribution is 0.824. The normalized spacial score (nSPS) is 10.9. The Balaban J connectivity index is 2.00. The molecule has 1 heterocycles. The van der Waals surface area contributed by atoms with Crippen LogP contribution in [0.3, 0.4) is 0 Å². The molecule has 0 bridgehead atoms. The molecule has 0 unspecified atom stereocenters.